The maximum atomic E-state index is 2.42. The van der Waals surface area contributed by atoms with Gasteiger partial charge in [-0.15, -0.1) is 0 Å². The minimum absolute atomic E-state index is 1.22. The number of hydrogen-bond donors (Lipinski definition) is 0. The van der Waals surface area contributed by atoms with Gasteiger partial charge in [0.05, 0.1) is 0 Å². The standard InChI is InChI=1S/C54H32/c1-5-17-33(18-6-1)45-39-27-15-16-28-40(39)46(34-19-7-2-8-20-34)54-48(36-23-11-4-12-24-36)52-44-32-30-42-38-26-14-13-25-37(38)41-29-31-43(50(44)49(41)42)51(52)47(53(45)54)35-21-9-3-10-22-35/h1-32H. The van der Waals surface area contributed by atoms with E-state index in [4.69, 9.17) is 0 Å². The molecule has 0 heteroatoms. The normalized spacial score (nSPS) is 12.1. The Morgan fingerprint density at radius 3 is 0.852 bits per heavy atom. The van der Waals surface area contributed by atoms with Crippen molar-refractivity contribution in [3.05, 3.63) is 194 Å². The topological polar surface area (TPSA) is 0 Å². The van der Waals surface area contributed by atoms with Crippen LogP contribution in [0, 0.1) is 0 Å². The summed E-state index contributed by atoms with van der Waals surface area (Å²) in [7, 11) is 0. The van der Waals surface area contributed by atoms with E-state index in [1.165, 1.54) is 121 Å². The van der Waals surface area contributed by atoms with Crippen molar-refractivity contribution in [1.29, 1.82) is 0 Å². The van der Waals surface area contributed by atoms with Gasteiger partial charge in [-0.05, 0) is 121 Å². The van der Waals surface area contributed by atoms with Crippen LogP contribution in [-0.4, -0.2) is 0 Å². The highest BCUT2D eigenvalue weighted by molar-refractivity contribution is 6.37. The van der Waals surface area contributed by atoms with Crippen molar-refractivity contribution in [3.63, 3.8) is 0 Å². The highest BCUT2D eigenvalue weighted by Crippen LogP contribution is 2.63. The molecule has 0 unspecified atom stereocenters. The van der Waals surface area contributed by atoms with Crippen molar-refractivity contribution < 1.29 is 0 Å². The monoisotopic (exact) mass is 680 g/mol. The van der Waals surface area contributed by atoms with Crippen molar-refractivity contribution in [1.82, 2.24) is 0 Å². The van der Waals surface area contributed by atoms with Crippen LogP contribution in [-0.2, 0) is 0 Å². The second-order valence-electron chi connectivity index (χ2n) is 14.6. The average molecular weight is 681 g/mol. The lowest BCUT2D eigenvalue weighted by Gasteiger charge is -2.26. The summed E-state index contributed by atoms with van der Waals surface area (Å²) >= 11 is 0. The zero-order chi connectivity index (χ0) is 35.3. The molecule has 0 amide bonds. The highest BCUT2D eigenvalue weighted by Gasteiger charge is 2.36. The lowest BCUT2D eigenvalue weighted by atomic mass is 9.76. The summed E-state index contributed by atoms with van der Waals surface area (Å²) in [6.07, 6.45) is 0. The summed E-state index contributed by atoms with van der Waals surface area (Å²) in [5.41, 5.74) is 20.7. The van der Waals surface area contributed by atoms with E-state index in [9.17, 15) is 0 Å². The van der Waals surface area contributed by atoms with Crippen LogP contribution < -0.4 is 0 Å². The van der Waals surface area contributed by atoms with E-state index < -0.39 is 0 Å². The molecule has 54 heavy (non-hydrogen) atoms. The van der Waals surface area contributed by atoms with E-state index in [0.29, 0.717) is 0 Å². The zero-order valence-corrected chi connectivity index (χ0v) is 29.5. The van der Waals surface area contributed by atoms with Crippen LogP contribution in [0.4, 0.5) is 0 Å². The van der Waals surface area contributed by atoms with E-state index in [2.05, 4.69) is 194 Å². The quantitative estimate of drug-likeness (QED) is 0.162. The molecule has 10 aromatic rings. The Kier molecular flexibility index (Phi) is 6.15. The first-order valence-electron chi connectivity index (χ1n) is 18.9. The van der Waals surface area contributed by atoms with Gasteiger partial charge in [-0.1, -0.05) is 194 Å². The van der Waals surface area contributed by atoms with Crippen molar-refractivity contribution in [3.8, 4) is 89.0 Å². The van der Waals surface area contributed by atoms with Crippen LogP contribution in [0.2, 0.25) is 0 Å². The summed E-state index contributed by atoms with van der Waals surface area (Å²) < 4.78 is 0. The van der Waals surface area contributed by atoms with E-state index in [1.807, 2.05) is 0 Å². The van der Waals surface area contributed by atoms with Gasteiger partial charge in [-0.25, -0.2) is 0 Å². The van der Waals surface area contributed by atoms with Gasteiger partial charge in [0.1, 0.15) is 0 Å². The minimum Gasteiger partial charge on any atom is -0.0622 e. The zero-order valence-electron chi connectivity index (χ0n) is 29.5. The summed E-state index contributed by atoms with van der Waals surface area (Å²) in [4.78, 5) is 0. The second-order valence-corrected chi connectivity index (χ2v) is 14.6. The van der Waals surface area contributed by atoms with Gasteiger partial charge in [-0.2, -0.15) is 0 Å². The lowest BCUT2D eigenvalue weighted by Crippen LogP contribution is -1.99. The molecular formula is C54H32. The molecule has 0 heterocycles. The molecular weight excluding hydrogens is 649 g/mol. The Hall–Kier alpha value is -7.02. The smallest absolute Gasteiger partial charge is 0.000116 e. The van der Waals surface area contributed by atoms with Crippen molar-refractivity contribution in [2.45, 2.75) is 0 Å². The summed E-state index contributed by atoms with van der Waals surface area (Å²) in [6.45, 7) is 0. The Balaban J connectivity index is 1.41. The van der Waals surface area contributed by atoms with E-state index in [0.717, 1.165) is 0 Å². The molecule has 0 N–H and O–H groups in total. The first-order chi connectivity index (χ1) is 26.9. The van der Waals surface area contributed by atoms with E-state index in [1.54, 1.807) is 0 Å². The maximum absolute atomic E-state index is 2.42. The number of benzene rings is 10. The fourth-order valence-corrected chi connectivity index (χ4v) is 9.89. The molecule has 0 aliphatic heterocycles. The first-order valence-corrected chi connectivity index (χ1v) is 18.9. The van der Waals surface area contributed by atoms with Gasteiger partial charge in [0, 0.05) is 0 Å². The minimum atomic E-state index is 1.22. The van der Waals surface area contributed by atoms with Crippen LogP contribution in [0.3, 0.4) is 0 Å². The molecule has 0 spiro atoms. The third-order valence-corrected chi connectivity index (χ3v) is 11.9. The van der Waals surface area contributed by atoms with Gasteiger partial charge in [0.25, 0.3) is 0 Å². The second kappa shape index (κ2) is 11.2. The van der Waals surface area contributed by atoms with Crippen molar-refractivity contribution >= 4 is 32.3 Å². The fraction of sp³-hybridized carbons (Fsp3) is 0. The Labute approximate surface area is 314 Å². The van der Waals surface area contributed by atoms with Crippen LogP contribution in [0.1, 0.15) is 0 Å². The average Bonchev–Trinajstić information content (AvgIpc) is 3.75. The largest absolute Gasteiger partial charge is 0.0622 e. The van der Waals surface area contributed by atoms with E-state index >= 15 is 0 Å². The lowest BCUT2D eigenvalue weighted by molar-refractivity contribution is 1.61. The molecule has 0 fully saturated rings. The molecule has 248 valence electrons. The Morgan fingerprint density at radius 1 is 0.167 bits per heavy atom. The van der Waals surface area contributed by atoms with Gasteiger partial charge in [0.15, 0.2) is 0 Å². The molecule has 12 rings (SSSR count). The van der Waals surface area contributed by atoms with Crippen molar-refractivity contribution in [2.24, 2.45) is 0 Å². The molecule has 2 aliphatic carbocycles. The molecule has 0 aromatic heterocycles. The Bertz CT molecular complexity index is 2950. The summed E-state index contributed by atoms with van der Waals surface area (Å²) in [5, 5.41) is 7.86. The molecule has 0 bridgehead atoms. The van der Waals surface area contributed by atoms with Gasteiger partial charge in [-0.3, -0.25) is 0 Å². The first kappa shape index (κ1) is 29.5. The van der Waals surface area contributed by atoms with Crippen LogP contribution >= 0.6 is 0 Å². The SMILES string of the molecule is c1ccc(-c2c3c(c(-c4ccccc4)c4c(-c5ccccc5)c5ccccc5c(-c5ccccc5)c24)-c2ccc4c5c(ccc-3c25)-c2ccccc2-4)cc1. The molecule has 0 saturated heterocycles. The Morgan fingerprint density at radius 2 is 0.463 bits per heavy atom. The van der Waals surface area contributed by atoms with Crippen molar-refractivity contribution in [2.75, 3.05) is 0 Å². The van der Waals surface area contributed by atoms with Crippen LogP contribution in [0.25, 0.3) is 121 Å². The maximum Gasteiger partial charge on any atom is -0.000116 e. The summed E-state index contributed by atoms with van der Waals surface area (Å²) in [6, 6.07) is 72.1. The van der Waals surface area contributed by atoms with Gasteiger partial charge >= 0.3 is 0 Å². The molecule has 0 saturated carbocycles. The molecule has 0 atom stereocenters. The number of hydrogen-bond acceptors (Lipinski definition) is 0. The predicted octanol–water partition coefficient (Wildman–Crippen LogP) is 15.1. The van der Waals surface area contributed by atoms with Crippen LogP contribution in [0.5, 0.6) is 0 Å². The third-order valence-electron chi connectivity index (χ3n) is 11.9. The number of fused-ring (bicyclic) bond motifs is 8. The molecule has 2 aliphatic rings. The van der Waals surface area contributed by atoms with E-state index in [-0.39, 0.29) is 0 Å². The van der Waals surface area contributed by atoms with Gasteiger partial charge < -0.3 is 0 Å². The third kappa shape index (κ3) is 3.92. The summed E-state index contributed by atoms with van der Waals surface area (Å²) in [5.74, 6) is 0. The van der Waals surface area contributed by atoms with Crippen LogP contribution in [0.15, 0.2) is 194 Å². The molecule has 10 aromatic carbocycles. The number of rotatable bonds is 4. The van der Waals surface area contributed by atoms with Gasteiger partial charge in [0.2, 0.25) is 0 Å². The highest BCUT2D eigenvalue weighted by atomic mass is 14.4. The predicted molar refractivity (Wildman–Crippen MR) is 230 cm³/mol. The fourth-order valence-electron chi connectivity index (χ4n) is 9.89. The molecule has 0 radical (unpaired) electrons. The molecule has 0 nitrogen and oxygen atoms in total.